The molecule has 0 saturated heterocycles. The minimum atomic E-state index is -0.301. The fourth-order valence-corrected chi connectivity index (χ4v) is 1.67. The van der Waals surface area contributed by atoms with Crippen molar-refractivity contribution in [3.63, 3.8) is 0 Å². The largest absolute Gasteiger partial charge is 0.393 e. The number of likely N-dealkylation sites (N-methyl/N-ethyl adjacent to an activating group) is 1. The lowest BCUT2D eigenvalue weighted by atomic mass is 10.1. The van der Waals surface area contributed by atoms with E-state index in [4.69, 9.17) is 23.7 Å². The van der Waals surface area contributed by atoms with Gasteiger partial charge in [0, 0.05) is 12.5 Å². The van der Waals surface area contributed by atoms with E-state index < -0.39 is 0 Å². The fraction of sp³-hybridized carbons (Fsp3) is 0.778. The molecular formula is C9H19N3OS. The first-order valence-electron chi connectivity index (χ1n) is 4.69. The summed E-state index contributed by atoms with van der Waals surface area (Å²) in [6, 6.07) is -0.0932. The van der Waals surface area contributed by atoms with E-state index in [0.29, 0.717) is 17.8 Å². The molecule has 2 unspecified atom stereocenters. The van der Waals surface area contributed by atoms with Crippen LogP contribution in [0.5, 0.6) is 0 Å². The Kier molecular flexibility index (Phi) is 5.64. The van der Waals surface area contributed by atoms with Crippen LogP contribution in [0.1, 0.15) is 26.7 Å². The number of primary amides is 1. The van der Waals surface area contributed by atoms with Crippen LogP contribution in [0.25, 0.3) is 0 Å². The van der Waals surface area contributed by atoms with Crippen molar-refractivity contribution < 1.29 is 4.79 Å². The molecule has 82 valence electrons. The predicted octanol–water partition coefficient (Wildman–Crippen LogP) is 0.247. The molecule has 0 rings (SSSR count). The van der Waals surface area contributed by atoms with Crippen molar-refractivity contribution in [3.05, 3.63) is 0 Å². The molecule has 0 aromatic heterocycles. The van der Waals surface area contributed by atoms with Crippen molar-refractivity contribution >= 4 is 23.1 Å². The van der Waals surface area contributed by atoms with Gasteiger partial charge in [-0.1, -0.05) is 19.1 Å². The summed E-state index contributed by atoms with van der Waals surface area (Å²) >= 11 is 4.81. The molecule has 0 aliphatic rings. The molecule has 0 aromatic rings. The van der Waals surface area contributed by atoms with E-state index >= 15 is 0 Å². The van der Waals surface area contributed by atoms with Gasteiger partial charge in [0.2, 0.25) is 5.91 Å². The molecular weight excluding hydrogens is 198 g/mol. The SMILES string of the molecule is CCC(C(N)=O)N(C)C(C)CC(N)=S. The molecule has 0 heterocycles. The first-order chi connectivity index (χ1) is 6.40. The van der Waals surface area contributed by atoms with E-state index in [1.807, 2.05) is 25.8 Å². The highest BCUT2D eigenvalue weighted by Gasteiger charge is 2.22. The number of amides is 1. The van der Waals surface area contributed by atoms with Crippen LogP contribution in [-0.4, -0.2) is 34.9 Å². The number of rotatable bonds is 6. The van der Waals surface area contributed by atoms with Crippen LogP contribution in [0.4, 0.5) is 0 Å². The van der Waals surface area contributed by atoms with Crippen LogP contribution >= 0.6 is 12.2 Å². The standard InChI is InChI=1S/C9H19N3OS/c1-4-7(9(11)13)12(3)6(2)5-8(10)14/h6-7H,4-5H2,1-3H3,(H2,10,14)(H2,11,13). The van der Waals surface area contributed by atoms with E-state index in [0.717, 1.165) is 0 Å². The quantitative estimate of drug-likeness (QED) is 0.625. The van der Waals surface area contributed by atoms with Crippen molar-refractivity contribution in [2.45, 2.75) is 38.8 Å². The summed E-state index contributed by atoms with van der Waals surface area (Å²) in [4.78, 5) is 13.5. The first kappa shape index (κ1) is 13.3. The molecule has 0 aromatic carbocycles. The average molecular weight is 217 g/mol. The van der Waals surface area contributed by atoms with Crippen molar-refractivity contribution in [3.8, 4) is 0 Å². The molecule has 4 N–H and O–H groups in total. The molecule has 0 saturated carbocycles. The molecule has 1 amide bonds. The average Bonchev–Trinajstić information content (AvgIpc) is 2.03. The van der Waals surface area contributed by atoms with Crippen molar-refractivity contribution in [1.82, 2.24) is 4.90 Å². The Balaban J connectivity index is 4.33. The molecule has 0 spiro atoms. The summed E-state index contributed by atoms with van der Waals surface area (Å²) in [5, 5.41) is 0. The Bertz CT molecular complexity index is 220. The van der Waals surface area contributed by atoms with Gasteiger partial charge in [-0.25, -0.2) is 0 Å². The van der Waals surface area contributed by atoms with Crippen LogP contribution in [0.2, 0.25) is 0 Å². The van der Waals surface area contributed by atoms with Crippen LogP contribution in [0.3, 0.4) is 0 Å². The second kappa shape index (κ2) is 5.93. The fourth-order valence-electron chi connectivity index (χ4n) is 1.43. The molecule has 4 nitrogen and oxygen atoms in total. The Hall–Kier alpha value is -0.680. The summed E-state index contributed by atoms with van der Waals surface area (Å²) in [5.41, 5.74) is 10.7. The van der Waals surface area contributed by atoms with Gasteiger partial charge in [0.1, 0.15) is 0 Å². The molecule has 2 atom stereocenters. The number of nitrogens with zero attached hydrogens (tertiary/aromatic N) is 1. The van der Waals surface area contributed by atoms with Crippen molar-refractivity contribution in [2.24, 2.45) is 11.5 Å². The molecule has 0 fully saturated rings. The first-order valence-corrected chi connectivity index (χ1v) is 5.10. The summed E-state index contributed by atoms with van der Waals surface area (Å²) in [5.74, 6) is -0.301. The highest BCUT2D eigenvalue weighted by Crippen LogP contribution is 2.09. The lowest BCUT2D eigenvalue weighted by Crippen LogP contribution is -2.47. The van der Waals surface area contributed by atoms with E-state index in [1.54, 1.807) is 0 Å². The minimum absolute atomic E-state index is 0.143. The normalized spacial score (nSPS) is 15.1. The van der Waals surface area contributed by atoms with Crippen molar-refractivity contribution in [1.29, 1.82) is 0 Å². The number of thiocarbonyl (C=S) groups is 1. The van der Waals surface area contributed by atoms with E-state index in [9.17, 15) is 4.79 Å². The Labute approximate surface area is 90.6 Å². The minimum Gasteiger partial charge on any atom is -0.393 e. The van der Waals surface area contributed by atoms with Crippen molar-refractivity contribution in [2.75, 3.05) is 7.05 Å². The maximum Gasteiger partial charge on any atom is 0.234 e. The maximum absolute atomic E-state index is 11.1. The van der Waals surface area contributed by atoms with Gasteiger partial charge in [0.15, 0.2) is 0 Å². The highest BCUT2D eigenvalue weighted by molar-refractivity contribution is 7.80. The van der Waals surface area contributed by atoms with Gasteiger partial charge in [-0.15, -0.1) is 0 Å². The zero-order valence-corrected chi connectivity index (χ0v) is 9.80. The van der Waals surface area contributed by atoms with Crippen LogP contribution < -0.4 is 11.5 Å². The van der Waals surface area contributed by atoms with Gasteiger partial charge in [0.25, 0.3) is 0 Å². The molecule has 0 radical (unpaired) electrons. The van der Waals surface area contributed by atoms with Gasteiger partial charge < -0.3 is 11.5 Å². The summed E-state index contributed by atoms with van der Waals surface area (Å²) in [6.07, 6.45) is 1.31. The molecule has 0 aliphatic carbocycles. The topological polar surface area (TPSA) is 72.4 Å². The van der Waals surface area contributed by atoms with Gasteiger partial charge in [0.05, 0.1) is 11.0 Å². The van der Waals surface area contributed by atoms with E-state index in [-0.39, 0.29) is 18.0 Å². The third kappa shape index (κ3) is 4.02. The van der Waals surface area contributed by atoms with Crippen LogP contribution in [0, 0.1) is 0 Å². The molecule has 0 aliphatic heterocycles. The number of nitrogens with two attached hydrogens (primary N) is 2. The number of carbonyl (C=O) groups is 1. The summed E-state index contributed by atoms with van der Waals surface area (Å²) < 4.78 is 0. The molecule has 5 heteroatoms. The van der Waals surface area contributed by atoms with E-state index in [1.165, 1.54) is 0 Å². The number of hydrogen-bond acceptors (Lipinski definition) is 3. The molecule has 0 bridgehead atoms. The second-order valence-corrected chi connectivity index (χ2v) is 4.04. The molecule has 14 heavy (non-hydrogen) atoms. The highest BCUT2D eigenvalue weighted by atomic mass is 32.1. The Morgan fingerprint density at radius 1 is 1.50 bits per heavy atom. The Morgan fingerprint density at radius 2 is 2.00 bits per heavy atom. The van der Waals surface area contributed by atoms with Gasteiger partial charge in [-0.05, 0) is 20.4 Å². The second-order valence-electron chi connectivity index (χ2n) is 3.51. The summed E-state index contributed by atoms with van der Waals surface area (Å²) in [7, 11) is 1.86. The maximum atomic E-state index is 11.1. The zero-order valence-electron chi connectivity index (χ0n) is 8.99. The van der Waals surface area contributed by atoms with Gasteiger partial charge in [-0.3, -0.25) is 9.69 Å². The third-order valence-electron chi connectivity index (χ3n) is 2.40. The van der Waals surface area contributed by atoms with Crippen LogP contribution in [0.15, 0.2) is 0 Å². The third-order valence-corrected chi connectivity index (χ3v) is 2.57. The number of hydrogen-bond donors (Lipinski definition) is 2. The monoisotopic (exact) mass is 217 g/mol. The summed E-state index contributed by atoms with van der Waals surface area (Å²) in [6.45, 7) is 3.91. The van der Waals surface area contributed by atoms with E-state index in [2.05, 4.69) is 0 Å². The van der Waals surface area contributed by atoms with Gasteiger partial charge >= 0.3 is 0 Å². The van der Waals surface area contributed by atoms with Gasteiger partial charge in [-0.2, -0.15) is 0 Å². The Morgan fingerprint density at radius 3 is 2.29 bits per heavy atom. The predicted molar refractivity (Wildman–Crippen MR) is 61.9 cm³/mol. The lowest BCUT2D eigenvalue weighted by Gasteiger charge is -2.30. The zero-order chi connectivity index (χ0) is 11.3. The van der Waals surface area contributed by atoms with Crippen LogP contribution in [-0.2, 0) is 4.79 Å². The lowest BCUT2D eigenvalue weighted by molar-refractivity contribution is -0.123. The number of carbonyl (C=O) groups excluding carboxylic acids is 1. The smallest absolute Gasteiger partial charge is 0.234 e.